The molecule has 0 fully saturated rings. The molecule has 106 valence electrons. The van der Waals surface area contributed by atoms with Crippen molar-refractivity contribution in [1.82, 2.24) is 0 Å². The molecular weight excluding hydrogens is 246 g/mol. The van der Waals surface area contributed by atoms with Crippen molar-refractivity contribution in [2.24, 2.45) is 0 Å². The lowest BCUT2D eigenvalue weighted by atomic mass is 10.1. The van der Waals surface area contributed by atoms with Gasteiger partial charge in [0.15, 0.2) is 0 Å². The topological polar surface area (TPSA) is 21.3 Å². The number of benzene rings is 2. The number of anilines is 1. The Morgan fingerprint density at radius 1 is 0.850 bits per heavy atom. The molecular formula is C18H23NO. The van der Waals surface area contributed by atoms with Gasteiger partial charge in [0, 0.05) is 19.3 Å². The molecule has 0 bridgehead atoms. The number of rotatable bonds is 7. The van der Waals surface area contributed by atoms with Gasteiger partial charge in [-0.1, -0.05) is 49.7 Å². The number of hydrogen-bond donors (Lipinski definition) is 1. The van der Waals surface area contributed by atoms with Crippen molar-refractivity contribution < 1.29 is 4.74 Å². The van der Waals surface area contributed by atoms with Crippen molar-refractivity contribution in [2.75, 3.05) is 12.4 Å². The maximum Gasteiger partial charge on any atom is 0.0713 e. The summed E-state index contributed by atoms with van der Waals surface area (Å²) in [6, 6.07) is 17.2. The van der Waals surface area contributed by atoms with Crippen LogP contribution in [-0.4, -0.2) is 7.11 Å². The van der Waals surface area contributed by atoms with Crippen molar-refractivity contribution in [3.8, 4) is 0 Å². The highest BCUT2D eigenvalue weighted by Crippen LogP contribution is 2.13. The number of ether oxygens (including phenoxy) is 1. The average Bonchev–Trinajstić information content (AvgIpc) is 2.49. The molecule has 1 N–H and O–H groups in total. The van der Waals surface area contributed by atoms with Crippen molar-refractivity contribution in [2.45, 2.75) is 32.9 Å². The molecule has 2 heteroatoms. The molecule has 0 unspecified atom stereocenters. The fourth-order valence-corrected chi connectivity index (χ4v) is 2.20. The van der Waals surface area contributed by atoms with E-state index in [-0.39, 0.29) is 0 Å². The highest BCUT2D eigenvalue weighted by molar-refractivity contribution is 5.45. The van der Waals surface area contributed by atoms with Gasteiger partial charge >= 0.3 is 0 Å². The fourth-order valence-electron chi connectivity index (χ4n) is 2.20. The summed E-state index contributed by atoms with van der Waals surface area (Å²) < 4.78 is 5.11. The van der Waals surface area contributed by atoms with E-state index in [2.05, 4.69) is 60.8 Å². The van der Waals surface area contributed by atoms with E-state index < -0.39 is 0 Å². The smallest absolute Gasteiger partial charge is 0.0713 e. The van der Waals surface area contributed by atoms with Gasteiger partial charge in [-0.2, -0.15) is 0 Å². The molecule has 2 aromatic carbocycles. The molecule has 0 heterocycles. The molecule has 0 aliphatic heterocycles. The first kappa shape index (κ1) is 14.6. The van der Waals surface area contributed by atoms with Gasteiger partial charge in [-0.25, -0.2) is 0 Å². The van der Waals surface area contributed by atoms with Gasteiger partial charge < -0.3 is 10.1 Å². The number of hydrogen-bond acceptors (Lipinski definition) is 2. The molecule has 2 nitrogen and oxygen atoms in total. The SMILES string of the molecule is CCCc1ccc(NCc2ccc(COC)cc2)cc1. The van der Waals surface area contributed by atoms with Crippen LogP contribution in [0.3, 0.4) is 0 Å². The van der Waals surface area contributed by atoms with Crippen molar-refractivity contribution in [3.63, 3.8) is 0 Å². The molecule has 0 amide bonds. The number of nitrogens with one attached hydrogen (secondary N) is 1. The van der Waals surface area contributed by atoms with E-state index in [0.29, 0.717) is 6.61 Å². The Balaban J connectivity index is 1.87. The monoisotopic (exact) mass is 269 g/mol. The van der Waals surface area contributed by atoms with E-state index >= 15 is 0 Å². The molecule has 2 rings (SSSR count). The van der Waals surface area contributed by atoms with Crippen LogP contribution in [0.2, 0.25) is 0 Å². The van der Waals surface area contributed by atoms with E-state index in [1.807, 2.05) is 0 Å². The molecule has 0 spiro atoms. The van der Waals surface area contributed by atoms with Crippen LogP contribution in [0.5, 0.6) is 0 Å². The summed E-state index contributed by atoms with van der Waals surface area (Å²) in [4.78, 5) is 0. The summed E-state index contributed by atoms with van der Waals surface area (Å²) in [5, 5.41) is 3.45. The van der Waals surface area contributed by atoms with Crippen molar-refractivity contribution in [3.05, 3.63) is 65.2 Å². The highest BCUT2D eigenvalue weighted by atomic mass is 16.5. The first-order valence-electron chi connectivity index (χ1n) is 7.21. The van der Waals surface area contributed by atoms with E-state index in [9.17, 15) is 0 Å². The lowest BCUT2D eigenvalue weighted by Gasteiger charge is -2.08. The highest BCUT2D eigenvalue weighted by Gasteiger charge is 1.97. The van der Waals surface area contributed by atoms with Crippen LogP contribution in [0.25, 0.3) is 0 Å². The maximum absolute atomic E-state index is 5.11. The first-order chi connectivity index (χ1) is 9.81. The normalized spacial score (nSPS) is 10.5. The van der Waals surface area contributed by atoms with Crippen molar-refractivity contribution in [1.29, 1.82) is 0 Å². The molecule has 2 aromatic rings. The first-order valence-corrected chi connectivity index (χ1v) is 7.21. The number of methoxy groups -OCH3 is 1. The van der Waals surface area contributed by atoms with Crippen LogP contribution in [0, 0.1) is 0 Å². The summed E-state index contributed by atoms with van der Waals surface area (Å²) in [7, 11) is 1.72. The average molecular weight is 269 g/mol. The van der Waals surface area contributed by atoms with E-state index in [0.717, 1.165) is 13.0 Å². The molecule has 0 atom stereocenters. The van der Waals surface area contributed by atoms with E-state index in [1.54, 1.807) is 7.11 Å². The third-order valence-corrected chi connectivity index (χ3v) is 3.32. The quantitative estimate of drug-likeness (QED) is 0.804. The van der Waals surface area contributed by atoms with Crippen LogP contribution in [0.1, 0.15) is 30.0 Å². The van der Waals surface area contributed by atoms with Gasteiger partial charge in [0.25, 0.3) is 0 Å². The predicted octanol–water partition coefficient (Wildman–Crippen LogP) is 4.40. The molecule has 0 radical (unpaired) electrons. The Morgan fingerprint density at radius 3 is 2.05 bits per heavy atom. The summed E-state index contributed by atoms with van der Waals surface area (Å²) in [5.41, 5.74) is 5.07. The second-order valence-electron chi connectivity index (χ2n) is 5.05. The third-order valence-electron chi connectivity index (χ3n) is 3.32. The third kappa shape index (κ3) is 4.39. The summed E-state index contributed by atoms with van der Waals surface area (Å²) in [6.45, 7) is 3.73. The predicted molar refractivity (Wildman–Crippen MR) is 84.9 cm³/mol. The molecule has 20 heavy (non-hydrogen) atoms. The number of aryl methyl sites for hydroxylation is 1. The van der Waals surface area contributed by atoms with Gasteiger partial charge in [0.05, 0.1) is 6.61 Å². The minimum absolute atomic E-state index is 0.673. The lowest BCUT2D eigenvalue weighted by molar-refractivity contribution is 0.185. The van der Waals surface area contributed by atoms with Crippen LogP contribution >= 0.6 is 0 Å². The lowest BCUT2D eigenvalue weighted by Crippen LogP contribution is -1.99. The molecule has 0 saturated carbocycles. The molecule has 0 aromatic heterocycles. The van der Waals surface area contributed by atoms with Gasteiger partial charge in [-0.3, -0.25) is 0 Å². The van der Waals surface area contributed by atoms with Crippen molar-refractivity contribution >= 4 is 5.69 Å². The molecule has 0 aliphatic rings. The van der Waals surface area contributed by atoms with E-state index in [1.165, 1.54) is 28.8 Å². The van der Waals surface area contributed by atoms with Gasteiger partial charge in [0.2, 0.25) is 0 Å². The van der Waals surface area contributed by atoms with Gasteiger partial charge in [-0.15, -0.1) is 0 Å². The Kier molecular flexibility index (Phi) is 5.63. The summed E-state index contributed by atoms with van der Waals surface area (Å²) >= 11 is 0. The largest absolute Gasteiger partial charge is 0.381 e. The minimum Gasteiger partial charge on any atom is -0.381 e. The Morgan fingerprint density at radius 2 is 1.45 bits per heavy atom. The standard InChI is InChI=1S/C18H23NO/c1-3-4-15-9-11-18(12-10-15)19-13-16-5-7-17(8-6-16)14-20-2/h5-12,19H,3-4,13-14H2,1-2H3. The Labute approximate surface area is 121 Å². The maximum atomic E-state index is 5.11. The second kappa shape index (κ2) is 7.71. The van der Waals surface area contributed by atoms with Crippen LogP contribution in [0.4, 0.5) is 5.69 Å². The minimum atomic E-state index is 0.673. The Hall–Kier alpha value is -1.80. The summed E-state index contributed by atoms with van der Waals surface area (Å²) in [5.74, 6) is 0. The zero-order chi connectivity index (χ0) is 14.2. The zero-order valence-electron chi connectivity index (χ0n) is 12.4. The summed E-state index contributed by atoms with van der Waals surface area (Å²) in [6.07, 6.45) is 2.35. The van der Waals surface area contributed by atoms with Gasteiger partial charge in [0.1, 0.15) is 0 Å². The second-order valence-corrected chi connectivity index (χ2v) is 5.05. The van der Waals surface area contributed by atoms with Crippen LogP contribution in [-0.2, 0) is 24.3 Å². The molecule has 0 saturated heterocycles. The van der Waals surface area contributed by atoms with Crippen LogP contribution < -0.4 is 5.32 Å². The van der Waals surface area contributed by atoms with Crippen LogP contribution in [0.15, 0.2) is 48.5 Å². The molecule has 0 aliphatic carbocycles. The van der Waals surface area contributed by atoms with Gasteiger partial charge in [-0.05, 0) is 35.2 Å². The fraction of sp³-hybridized carbons (Fsp3) is 0.333. The zero-order valence-corrected chi connectivity index (χ0v) is 12.4. The van der Waals surface area contributed by atoms with E-state index in [4.69, 9.17) is 4.74 Å². The Bertz CT molecular complexity index is 452.